The first-order chi connectivity index (χ1) is 9.25. The lowest BCUT2D eigenvalue weighted by atomic mass is 9.54. The Bertz CT molecular complexity index is 396. The molecule has 1 aliphatic carbocycles. The molecule has 0 heterocycles. The third-order valence-electron chi connectivity index (χ3n) is 4.66. The molecule has 4 heteroatoms. The number of ether oxygens (including phenoxy) is 1. The zero-order valence-electron chi connectivity index (χ0n) is 15.1. The van der Waals surface area contributed by atoms with Crippen LogP contribution in [0.15, 0.2) is 0 Å². The fourth-order valence-electron chi connectivity index (χ4n) is 3.61. The van der Waals surface area contributed by atoms with Crippen molar-refractivity contribution in [3.63, 3.8) is 0 Å². The Kier molecular flexibility index (Phi) is 4.87. The fraction of sp³-hybridized carbons (Fsp3) is 0.941. The van der Waals surface area contributed by atoms with Gasteiger partial charge in [-0.3, -0.25) is 4.79 Å². The van der Waals surface area contributed by atoms with E-state index in [0.29, 0.717) is 13.0 Å². The van der Waals surface area contributed by atoms with Crippen LogP contribution in [0, 0.1) is 10.8 Å². The van der Waals surface area contributed by atoms with Crippen LogP contribution in [0.4, 0.5) is 0 Å². The summed E-state index contributed by atoms with van der Waals surface area (Å²) in [5.41, 5.74) is 5.12. The zero-order chi connectivity index (χ0) is 16.7. The summed E-state index contributed by atoms with van der Waals surface area (Å²) in [5, 5.41) is 3.15. The first-order valence-corrected chi connectivity index (χ1v) is 7.98. The summed E-state index contributed by atoms with van der Waals surface area (Å²) < 4.78 is 5.69. The maximum Gasteiger partial charge on any atom is 0.241 e. The molecule has 0 bridgehead atoms. The molecule has 21 heavy (non-hydrogen) atoms. The molecule has 1 fully saturated rings. The maximum absolute atomic E-state index is 12.7. The van der Waals surface area contributed by atoms with Crippen molar-refractivity contribution in [3.05, 3.63) is 0 Å². The highest BCUT2D eigenvalue weighted by Gasteiger charge is 2.63. The molecule has 1 amide bonds. The number of carbonyl (C=O) groups is 1. The Balaban J connectivity index is 2.77. The van der Waals surface area contributed by atoms with Gasteiger partial charge in [-0.25, -0.2) is 0 Å². The number of hydrogen-bond acceptors (Lipinski definition) is 3. The van der Waals surface area contributed by atoms with E-state index in [0.717, 1.165) is 6.42 Å². The van der Waals surface area contributed by atoms with Crippen molar-refractivity contribution in [2.75, 3.05) is 6.61 Å². The largest absolute Gasteiger partial charge is 0.378 e. The van der Waals surface area contributed by atoms with Crippen LogP contribution in [-0.4, -0.2) is 29.7 Å². The lowest BCUT2D eigenvalue weighted by Gasteiger charge is -2.58. The molecule has 1 saturated carbocycles. The van der Waals surface area contributed by atoms with Gasteiger partial charge >= 0.3 is 0 Å². The molecule has 0 aromatic heterocycles. The Morgan fingerprint density at radius 3 is 2.19 bits per heavy atom. The van der Waals surface area contributed by atoms with E-state index in [1.807, 2.05) is 20.8 Å². The Hall–Kier alpha value is -0.610. The Labute approximate surface area is 130 Å². The summed E-state index contributed by atoms with van der Waals surface area (Å²) in [5.74, 6) is -0.0577. The maximum atomic E-state index is 12.7. The molecule has 2 atom stereocenters. The van der Waals surface area contributed by atoms with Crippen LogP contribution < -0.4 is 11.1 Å². The van der Waals surface area contributed by atoms with Gasteiger partial charge in [-0.2, -0.15) is 0 Å². The van der Waals surface area contributed by atoms with E-state index >= 15 is 0 Å². The monoisotopic (exact) mass is 298 g/mol. The Morgan fingerprint density at radius 2 is 1.81 bits per heavy atom. The van der Waals surface area contributed by atoms with Crippen LogP contribution in [0.25, 0.3) is 0 Å². The average Bonchev–Trinajstić information content (AvgIpc) is 2.24. The van der Waals surface area contributed by atoms with Gasteiger partial charge in [-0.1, -0.05) is 34.6 Å². The highest BCUT2D eigenvalue weighted by atomic mass is 16.5. The summed E-state index contributed by atoms with van der Waals surface area (Å²) in [4.78, 5) is 12.7. The van der Waals surface area contributed by atoms with E-state index in [9.17, 15) is 4.79 Å². The van der Waals surface area contributed by atoms with Crippen molar-refractivity contribution in [2.24, 2.45) is 16.6 Å². The lowest BCUT2D eigenvalue weighted by molar-refractivity contribution is -0.172. The summed E-state index contributed by atoms with van der Waals surface area (Å²) in [7, 11) is 0. The Morgan fingerprint density at radius 1 is 1.29 bits per heavy atom. The third-order valence-corrected chi connectivity index (χ3v) is 4.66. The first-order valence-electron chi connectivity index (χ1n) is 7.98. The van der Waals surface area contributed by atoms with Gasteiger partial charge in [-0.05, 0) is 32.6 Å². The number of nitrogens with two attached hydrogens (primary N) is 1. The molecule has 0 aromatic carbocycles. The van der Waals surface area contributed by atoms with E-state index in [4.69, 9.17) is 10.5 Å². The quantitative estimate of drug-likeness (QED) is 0.820. The van der Waals surface area contributed by atoms with Crippen LogP contribution in [0.2, 0.25) is 0 Å². The highest BCUT2D eigenvalue weighted by molar-refractivity contribution is 5.89. The molecule has 0 aromatic rings. The molecule has 2 unspecified atom stereocenters. The van der Waals surface area contributed by atoms with Crippen LogP contribution >= 0.6 is 0 Å². The molecule has 0 aliphatic heterocycles. The second-order valence-corrected chi connectivity index (χ2v) is 8.92. The number of hydrogen-bond donors (Lipinski definition) is 2. The van der Waals surface area contributed by atoms with Crippen molar-refractivity contribution in [1.82, 2.24) is 5.32 Å². The van der Waals surface area contributed by atoms with Crippen molar-refractivity contribution in [2.45, 2.75) is 85.4 Å². The van der Waals surface area contributed by atoms with Gasteiger partial charge in [0.1, 0.15) is 5.54 Å². The van der Waals surface area contributed by atoms with Crippen LogP contribution in [0.3, 0.4) is 0 Å². The highest BCUT2D eigenvalue weighted by Crippen LogP contribution is 2.50. The minimum atomic E-state index is -0.845. The van der Waals surface area contributed by atoms with Gasteiger partial charge in [0.25, 0.3) is 0 Å². The van der Waals surface area contributed by atoms with Crippen molar-refractivity contribution in [1.29, 1.82) is 0 Å². The van der Waals surface area contributed by atoms with E-state index in [2.05, 4.69) is 39.9 Å². The lowest BCUT2D eigenvalue weighted by Crippen LogP contribution is -2.77. The molecule has 3 N–H and O–H groups in total. The number of rotatable bonds is 5. The first kappa shape index (κ1) is 18.4. The van der Waals surface area contributed by atoms with Gasteiger partial charge in [0.15, 0.2) is 0 Å². The summed E-state index contributed by atoms with van der Waals surface area (Å²) in [6.07, 6.45) is 1.55. The normalized spacial score (nSPS) is 28.9. The average molecular weight is 298 g/mol. The minimum absolute atomic E-state index is 0.0577. The van der Waals surface area contributed by atoms with E-state index in [1.54, 1.807) is 0 Å². The number of nitrogens with one attached hydrogen (secondary N) is 1. The molecule has 124 valence electrons. The van der Waals surface area contributed by atoms with Gasteiger partial charge in [0.2, 0.25) is 5.91 Å². The summed E-state index contributed by atoms with van der Waals surface area (Å²) in [6.45, 7) is 17.3. The molecular weight excluding hydrogens is 264 g/mol. The number of amides is 1. The molecule has 0 saturated heterocycles. The SMILES string of the molecule is CCOC1CC(N)(C(=O)NC(C)(C)CC(C)(C)C)C1(C)C. The second-order valence-electron chi connectivity index (χ2n) is 8.92. The van der Waals surface area contributed by atoms with Gasteiger partial charge in [0.05, 0.1) is 6.10 Å². The van der Waals surface area contributed by atoms with Crippen molar-refractivity contribution in [3.8, 4) is 0 Å². The molecule has 0 radical (unpaired) electrons. The smallest absolute Gasteiger partial charge is 0.241 e. The van der Waals surface area contributed by atoms with E-state index in [1.165, 1.54) is 0 Å². The van der Waals surface area contributed by atoms with Crippen LogP contribution in [0.5, 0.6) is 0 Å². The van der Waals surface area contributed by atoms with Crippen LogP contribution in [0.1, 0.15) is 68.2 Å². The molecule has 1 aliphatic rings. The van der Waals surface area contributed by atoms with Crippen molar-refractivity contribution >= 4 is 5.91 Å². The predicted molar refractivity (Wildman–Crippen MR) is 87.0 cm³/mol. The van der Waals surface area contributed by atoms with Gasteiger partial charge in [-0.15, -0.1) is 0 Å². The van der Waals surface area contributed by atoms with Crippen LogP contribution in [-0.2, 0) is 9.53 Å². The zero-order valence-corrected chi connectivity index (χ0v) is 15.1. The molecule has 4 nitrogen and oxygen atoms in total. The second kappa shape index (κ2) is 5.54. The third kappa shape index (κ3) is 3.78. The predicted octanol–water partition coefficient (Wildman–Crippen LogP) is 2.85. The topological polar surface area (TPSA) is 64.3 Å². The van der Waals surface area contributed by atoms with E-state index in [-0.39, 0.29) is 28.4 Å². The summed E-state index contributed by atoms with van der Waals surface area (Å²) >= 11 is 0. The fourth-order valence-corrected chi connectivity index (χ4v) is 3.61. The molecule has 1 rings (SSSR count). The van der Waals surface area contributed by atoms with Crippen molar-refractivity contribution < 1.29 is 9.53 Å². The molecule has 0 spiro atoms. The van der Waals surface area contributed by atoms with E-state index < -0.39 is 5.54 Å². The minimum Gasteiger partial charge on any atom is -0.378 e. The standard InChI is InChI=1S/C17H34N2O2/c1-9-21-12-10-17(18,16(12,7)8)13(20)19-15(5,6)11-14(2,3)4/h12H,9-11,18H2,1-8H3,(H,19,20). The summed E-state index contributed by atoms with van der Waals surface area (Å²) in [6, 6.07) is 0. The number of carbonyl (C=O) groups excluding carboxylic acids is 1. The van der Waals surface area contributed by atoms with Gasteiger partial charge in [0, 0.05) is 24.0 Å². The van der Waals surface area contributed by atoms with Gasteiger partial charge < -0.3 is 15.8 Å². The molecular formula is C17H34N2O2.